The fourth-order valence-corrected chi connectivity index (χ4v) is 2.03. The molecule has 2 N–H and O–H groups in total. The van der Waals surface area contributed by atoms with Gasteiger partial charge >= 0.3 is 23.9 Å². The third kappa shape index (κ3) is 11.4. The topological polar surface area (TPSA) is 155 Å². The van der Waals surface area contributed by atoms with E-state index in [9.17, 15) is 29.4 Å². The molecule has 0 aromatic carbocycles. The summed E-state index contributed by atoms with van der Waals surface area (Å²) < 4.78 is 25.3. The van der Waals surface area contributed by atoms with E-state index in [1.165, 1.54) is 27.7 Å². The molecule has 0 aliphatic rings. The summed E-state index contributed by atoms with van der Waals surface area (Å²) in [6.45, 7) is 2.07. The van der Waals surface area contributed by atoms with E-state index in [1.54, 1.807) is 0 Å². The Morgan fingerprint density at radius 2 is 0.793 bits per heavy atom. The number of hydrogen-bond acceptors (Lipinski definition) is 11. The summed E-state index contributed by atoms with van der Waals surface area (Å²) in [6, 6.07) is 0. The Labute approximate surface area is 169 Å². The molecule has 0 spiro atoms. The third-order valence-corrected chi connectivity index (χ3v) is 3.81. The van der Waals surface area contributed by atoms with Gasteiger partial charge in [-0.05, 0) is 0 Å². The number of aliphatic hydroxyl groups is 2. The average molecular weight is 422 g/mol. The molecule has 0 bridgehead atoms. The molecule has 0 amide bonds. The fourth-order valence-electron chi connectivity index (χ4n) is 2.03. The van der Waals surface area contributed by atoms with Gasteiger partial charge in [0.1, 0.15) is 26.4 Å². The summed E-state index contributed by atoms with van der Waals surface area (Å²) in [4.78, 5) is 44.6. The van der Waals surface area contributed by atoms with Crippen molar-refractivity contribution in [3.05, 3.63) is 0 Å². The molecule has 0 aromatic rings. The van der Waals surface area contributed by atoms with Gasteiger partial charge in [-0.15, -0.1) is 0 Å². The van der Waals surface area contributed by atoms with E-state index >= 15 is 0 Å². The van der Waals surface area contributed by atoms with Crippen LogP contribution in [-0.2, 0) is 42.9 Å². The highest BCUT2D eigenvalue weighted by molar-refractivity contribution is 5.67. The minimum atomic E-state index is -1.25. The van der Waals surface area contributed by atoms with Gasteiger partial charge in [0.15, 0.2) is 0 Å². The van der Waals surface area contributed by atoms with Crippen LogP contribution in [-0.4, -0.2) is 86.9 Å². The Morgan fingerprint density at radius 3 is 0.966 bits per heavy atom. The van der Waals surface area contributed by atoms with Crippen molar-refractivity contribution in [3.8, 4) is 0 Å². The predicted molar refractivity (Wildman–Crippen MR) is 96.4 cm³/mol. The Balaban J connectivity index is 5.24. The predicted octanol–water partition coefficient (Wildman–Crippen LogP) is -0.787. The van der Waals surface area contributed by atoms with Gasteiger partial charge in [-0.3, -0.25) is 19.2 Å². The maximum atomic E-state index is 11.1. The largest absolute Gasteiger partial charge is 0.465 e. The monoisotopic (exact) mass is 422 g/mol. The summed E-state index contributed by atoms with van der Waals surface area (Å²) in [5.74, 6) is -2.39. The molecule has 0 aliphatic heterocycles. The highest BCUT2D eigenvalue weighted by atomic mass is 16.6. The molecule has 0 unspecified atom stereocenters. The zero-order valence-electron chi connectivity index (χ0n) is 17.2. The lowest BCUT2D eigenvalue weighted by molar-refractivity contribution is -0.165. The van der Waals surface area contributed by atoms with E-state index < -0.39 is 47.9 Å². The quantitative estimate of drug-likeness (QED) is 0.267. The van der Waals surface area contributed by atoms with E-state index in [4.69, 9.17) is 23.7 Å². The van der Waals surface area contributed by atoms with E-state index in [1.807, 2.05) is 0 Å². The van der Waals surface area contributed by atoms with Crippen molar-refractivity contribution in [3.63, 3.8) is 0 Å². The summed E-state index contributed by atoms with van der Waals surface area (Å²) in [7, 11) is 0. The van der Waals surface area contributed by atoms with Crippen molar-refractivity contribution in [2.24, 2.45) is 10.8 Å². The van der Waals surface area contributed by atoms with Gasteiger partial charge < -0.3 is 33.9 Å². The fraction of sp³-hybridized carbons (Fsp3) is 0.778. The van der Waals surface area contributed by atoms with Crippen molar-refractivity contribution in [1.82, 2.24) is 0 Å². The molecule has 0 fully saturated rings. The normalized spacial score (nSPS) is 11.5. The van der Waals surface area contributed by atoms with Crippen LogP contribution in [0.5, 0.6) is 0 Å². The van der Waals surface area contributed by atoms with Crippen LogP contribution in [0.15, 0.2) is 0 Å². The molecule has 0 saturated carbocycles. The molecule has 0 aromatic heterocycles. The van der Waals surface area contributed by atoms with E-state index in [2.05, 4.69) is 0 Å². The van der Waals surface area contributed by atoms with Crippen LogP contribution in [0.2, 0.25) is 0 Å². The summed E-state index contributed by atoms with van der Waals surface area (Å²) in [5.41, 5.74) is -2.50. The molecule has 11 nitrogen and oxygen atoms in total. The van der Waals surface area contributed by atoms with Gasteiger partial charge in [0.2, 0.25) is 0 Å². The summed E-state index contributed by atoms with van der Waals surface area (Å²) in [6.07, 6.45) is 0. The second-order valence-corrected chi connectivity index (χ2v) is 6.93. The van der Waals surface area contributed by atoms with Crippen molar-refractivity contribution in [2.75, 3.05) is 52.9 Å². The van der Waals surface area contributed by atoms with Crippen LogP contribution < -0.4 is 0 Å². The zero-order chi connectivity index (χ0) is 22.5. The molecule has 0 saturated heterocycles. The Hall–Kier alpha value is -2.24. The van der Waals surface area contributed by atoms with Crippen molar-refractivity contribution >= 4 is 23.9 Å². The molecular weight excluding hydrogens is 392 g/mol. The van der Waals surface area contributed by atoms with Gasteiger partial charge in [0.25, 0.3) is 0 Å². The van der Waals surface area contributed by atoms with Crippen LogP contribution in [0, 0.1) is 10.8 Å². The molecular formula is C18H30O11. The minimum Gasteiger partial charge on any atom is -0.465 e. The molecule has 0 rings (SSSR count). The number of aliphatic hydroxyl groups excluding tert-OH is 2. The molecule has 0 radical (unpaired) electrons. The number of carbonyl (C=O) groups is 4. The number of esters is 4. The minimum absolute atomic E-state index is 0.230. The highest BCUT2D eigenvalue weighted by Gasteiger charge is 2.37. The van der Waals surface area contributed by atoms with Crippen LogP contribution >= 0.6 is 0 Å². The van der Waals surface area contributed by atoms with Gasteiger partial charge in [0.05, 0.1) is 37.3 Å². The molecule has 0 aliphatic carbocycles. The van der Waals surface area contributed by atoms with Gasteiger partial charge in [-0.25, -0.2) is 0 Å². The highest BCUT2D eigenvalue weighted by Crippen LogP contribution is 2.24. The lowest BCUT2D eigenvalue weighted by atomic mass is 9.90. The Morgan fingerprint density at radius 1 is 0.552 bits per heavy atom. The molecule has 29 heavy (non-hydrogen) atoms. The Kier molecular flexibility index (Phi) is 12.1. The number of hydrogen-bond donors (Lipinski definition) is 2. The standard InChI is InChI=1S/C18H30O11/c1-13(21)26-9-17(5-19,10-27-14(2)22)7-25-8-18(6-20,11-28-15(3)23)12-29-16(4)24/h19-20H,5-12H2,1-4H3. The summed E-state index contributed by atoms with van der Waals surface area (Å²) >= 11 is 0. The van der Waals surface area contributed by atoms with Crippen LogP contribution in [0.1, 0.15) is 27.7 Å². The third-order valence-electron chi connectivity index (χ3n) is 3.81. The molecule has 11 heteroatoms. The average Bonchev–Trinajstić information content (AvgIpc) is 2.65. The van der Waals surface area contributed by atoms with Crippen LogP contribution in [0.25, 0.3) is 0 Å². The van der Waals surface area contributed by atoms with E-state index in [0.29, 0.717) is 0 Å². The first kappa shape index (κ1) is 26.8. The maximum Gasteiger partial charge on any atom is 0.302 e. The van der Waals surface area contributed by atoms with Gasteiger partial charge in [-0.2, -0.15) is 0 Å². The van der Waals surface area contributed by atoms with E-state index in [0.717, 1.165) is 0 Å². The first-order valence-electron chi connectivity index (χ1n) is 8.83. The van der Waals surface area contributed by atoms with Gasteiger partial charge in [-0.1, -0.05) is 0 Å². The second-order valence-electron chi connectivity index (χ2n) is 6.93. The van der Waals surface area contributed by atoms with Crippen molar-refractivity contribution in [2.45, 2.75) is 27.7 Å². The van der Waals surface area contributed by atoms with Crippen LogP contribution in [0.3, 0.4) is 0 Å². The maximum absolute atomic E-state index is 11.1. The summed E-state index contributed by atoms with van der Waals surface area (Å²) in [5, 5.41) is 19.6. The molecule has 0 atom stereocenters. The molecule has 168 valence electrons. The van der Waals surface area contributed by atoms with Crippen molar-refractivity contribution in [1.29, 1.82) is 0 Å². The van der Waals surface area contributed by atoms with Crippen molar-refractivity contribution < 1.29 is 53.1 Å². The molecule has 0 heterocycles. The first-order valence-corrected chi connectivity index (χ1v) is 8.83. The smallest absolute Gasteiger partial charge is 0.302 e. The number of ether oxygens (including phenoxy) is 5. The second kappa shape index (κ2) is 13.1. The number of rotatable bonds is 14. The van der Waals surface area contributed by atoms with Gasteiger partial charge in [0, 0.05) is 27.7 Å². The SMILES string of the molecule is CC(=O)OCC(CO)(COCC(CO)(COC(C)=O)COC(C)=O)COC(C)=O. The van der Waals surface area contributed by atoms with Crippen LogP contribution in [0.4, 0.5) is 0 Å². The Bertz CT molecular complexity index is 474. The lowest BCUT2D eigenvalue weighted by Crippen LogP contribution is -2.45. The zero-order valence-corrected chi connectivity index (χ0v) is 17.2. The number of carbonyl (C=O) groups excluding carboxylic acids is 4. The van der Waals surface area contributed by atoms with E-state index in [-0.39, 0.29) is 39.6 Å². The first-order chi connectivity index (χ1) is 13.5. The lowest BCUT2D eigenvalue weighted by Gasteiger charge is -2.34.